The third-order valence-corrected chi connectivity index (χ3v) is 4.17. The molecule has 7 nitrogen and oxygen atoms in total. The Bertz CT molecular complexity index is 591. The van der Waals surface area contributed by atoms with Crippen LogP contribution in [0.4, 0.5) is 5.69 Å². The van der Waals surface area contributed by atoms with Gasteiger partial charge in [-0.2, -0.15) is 0 Å². The lowest BCUT2D eigenvalue weighted by Gasteiger charge is -2.22. The molecule has 7 heteroatoms. The molecule has 0 bridgehead atoms. The van der Waals surface area contributed by atoms with Crippen LogP contribution in [0.1, 0.15) is 19.8 Å². The van der Waals surface area contributed by atoms with E-state index in [1.807, 2.05) is 25.1 Å². The van der Waals surface area contributed by atoms with E-state index in [9.17, 15) is 4.79 Å². The highest BCUT2D eigenvalue weighted by molar-refractivity contribution is 5.86. The smallest absolute Gasteiger partial charge is 0.239 e. The maximum absolute atomic E-state index is 11.7. The summed E-state index contributed by atoms with van der Waals surface area (Å²) in [4.78, 5) is 18.2. The molecule has 2 rings (SSSR count). The SMILES string of the molecule is CCCNC(=O)CNC(=NC)NC1CCN(c2ccccc2OC)C1. The van der Waals surface area contributed by atoms with E-state index in [-0.39, 0.29) is 18.5 Å². The maximum atomic E-state index is 11.7. The minimum Gasteiger partial charge on any atom is -0.495 e. The van der Waals surface area contributed by atoms with Gasteiger partial charge in [0.15, 0.2) is 5.96 Å². The van der Waals surface area contributed by atoms with Gasteiger partial charge in [0.2, 0.25) is 5.91 Å². The quantitative estimate of drug-likeness (QED) is 0.506. The summed E-state index contributed by atoms with van der Waals surface area (Å²) in [6.45, 7) is 4.77. The monoisotopic (exact) mass is 347 g/mol. The van der Waals surface area contributed by atoms with Crippen molar-refractivity contribution in [1.29, 1.82) is 0 Å². The zero-order valence-corrected chi connectivity index (χ0v) is 15.3. The van der Waals surface area contributed by atoms with Crippen molar-refractivity contribution < 1.29 is 9.53 Å². The van der Waals surface area contributed by atoms with Crippen molar-refractivity contribution in [1.82, 2.24) is 16.0 Å². The predicted octanol–water partition coefficient (Wildman–Crippen LogP) is 0.965. The Labute approximate surface area is 149 Å². The largest absolute Gasteiger partial charge is 0.495 e. The molecule has 0 spiro atoms. The average Bonchev–Trinajstić information content (AvgIpc) is 3.11. The van der Waals surface area contributed by atoms with Crippen LogP contribution in [0.3, 0.4) is 0 Å². The lowest BCUT2D eigenvalue weighted by molar-refractivity contribution is -0.120. The highest BCUT2D eigenvalue weighted by atomic mass is 16.5. The fraction of sp³-hybridized carbons (Fsp3) is 0.556. The van der Waals surface area contributed by atoms with E-state index in [1.54, 1.807) is 14.2 Å². The number of ether oxygens (including phenoxy) is 1. The van der Waals surface area contributed by atoms with Gasteiger partial charge >= 0.3 is 0 Å². The number of carbonyl (C=O) groups is 1. The lowest BCUT2D eigenvalue weighted by Crippen LogP contribution is -2.47. The van der Waals surface area contributed by atoms with Crippen LogP contribution in [0.2, 0.25) is 0 Å². The van der Waals surface area contributed by atoms with Crippen molar-refractivity contribution in [3.63, 3.8) is 0 Å². The van der Waals surface area contributed by atoms with Crippen molar-refractivity contribution in [2.24, 2.45) is 4.99 Å². The van der Waals surface area contributed by atoms with Crippen molar-refractivity contribution in [2.75, 3.05) is 45.2 Å². The summed E-state index contributed by atoms with van der Waals surface area (Å²) >= 11 is 0. The highest BCUT2D eigenvalue weighted by Gasteiger charge is 2.25. The number of aliphatic imine (C=N–C) groups is 1. The number of para-hydroxylation sites is 2. The third kappa shape index (κ3) is 5.55. The molecule has 1 atom stereocenters. The van der Waals surface area contributed by atoms with Gasteiger partial charge in [-0.15, -0.1) is 0 Å². The number of anilines is 1. The van der Waals surface area contributed by atoms with Gasteiger partial charge in [-0.1, -0.05) is 19.1 Å². The first-order valence-electron chi connectivity index (χ1n) is 8.79. The van der Waals surface area contributed by atoms with Gasteiger partial charge in [-0.3, -0.25) is 9.79 Å². The molecule has 0 saturated carbocycles. The number of nitrogens with one attached hydrogen (secondary N) is 3. The molecular formula is C18H29N5O2. The van der Waals surface area contributed by atoms with E-state index in [0.29, 0.717) is 12.5 Å². The number of amides is 1. The number of hydrogen-bond donors (Lipinski definition) is 3. The summed E-state index contributed by atoms with van der Waals surface area (Å²) < 4.78 is 5.45. The fourth-order valence-electron chi connectivity index (χ4n) is 2.87. The van der Waals surface area contributed by atoms with Crippen molar-refractivity contribution in [2.45, 2.75) is 25.8 Å². The molecule has 1 aliphatic heterocycles. The van der Waals surface area contributed by atoms with Crippen molar-refractivity contribution in [3.8, 4) is 5.75 Å². The summed E-state index contributed by atoms with van der Waals surface area (Å²) in [6.07, 6.45) is 1.93. The van der Waals surface area contributed by atoms with Gasteiger partial charge in [0, 0.05) is 32.7 Å². The predicted molar refractivity (Wildman–Crippen MR) is 101 cm³/mol. The van der Waals surface area contributed by atoms with Gasteiger partial charge in [-0.25, -0.2) is 0 Å². The molecule has 1 aromatic rings. The highest BCUT2D eigenvalue weighted by Crippen LogP contribution is 2.30. The maximum Gasteiger partial charge on any atom is 0.239 e. The van der Waals surface area contributed by atoms with Crippen LogP contribution in [0.15, 0.2) is 29.3 Å². The first-order chi connectivity index (χ1) is 12.2. The number of nitrogens with zero attached hydrogens (tertiary/aromatic N) is 2. The number of hydrogen-bond acceptors (Lipinski definition) is 4. The molecule has 1 aliphatic rings. The van der Waals surface area contributed by atoms with Crippen molar-refractivity contribution >= 4 is 17.6 Å². The number of methoxy groups -OCH3 is 1. The topological polar surface area (TPSA) is 78.0 Å². The Morgan fingerprint density at radius 1 is 1.36 bits per heavy atom. The minimum atomic E-state index is -0.0214. The Morgan fingerprint density at radius 3 is 2.88 bits per heavy atom. The molecular weight excluding hydrogens is 318 g/mol. The van der Waals surface area contributed by atoms with Gasteiger partial charge in [0.25, 0.3) is 0 Å². The van der Waals surface area contributed by atoms with Crippen LogP contribution in [0.5, 0.6) is 5.75 Å². The minimum absolute atomic E-state index is 0.0214. The van der Waals surface area contributed by atoms with Crippen LogP contribution in [-0.2, 0) is 4.79 Å². The second kappa shape index (κ2) is 9.76. The molecule has 0 aromatic heterocycles. The standard InChI is InChI=1S/C18H29N5O2/c1-4-10-20-17(24)12-21-18(19-2)22-14-9-11-23(13-14)15-7-5-6-8-16(15)25-3/h5-8,14H,4,9-13H2,1-3H3,(H,20,24)(H2,19,21,22). The molecule has 1 unspecified atom stereocenters. The van der Waals surface area contributed by atoms with Crippen LogP contribution < -0.4 is 25.6 Å². The molecule has 0 aliphatic carbocycles. The van der Waals surface area contributed by atoms with E-state index in [4.69, 9.17) is 4.74 Å². The molecule has 1 amide bonds. The molecule has 1 heterocycles. The van der Waals surface area contributed by atoms with Crippen LogP contribution in [-0.4, -0.2) is 58.2 Å². The van der Waals surface area contributed by atoms with E-state index in [1.165, 1.54) is 0 Å². The molecule has 1 aromatic carbocycles. The van der Waals surface area contributed by atoms with Gasteiger partial charge in [0.05, 0.1) is 19.3 Å². The van der Waals surface area contributed by atoms with Gasteiger partial charge in [0.1, 0.15) is 5.75 Å². The van der Waals surface area contributed by atoms with E-state index in [0.717, 1.165) is 37.4 Å². The number of benzene rings is 1. The zero-order valence-electron chi connectivity index (χ0n) is 15.3. The Balaban J connectivity index is 1.84. The van der Waals surface area contributed by atoms with E-state index < -0.39 is 0 Å². The Kier molecular flexibility index (Phi) is 7.37. The summed E-state index contributed by atoms with van der Waals surface area (Å²) in [7, 11) is 3.41. The second-order valence-corrected chi connectivity index (χ2v) is 6.02. The molecule has 138 valence electrons. The Hall–Kier alpha value is -2.44. The van der Waals surface area contributed by atoms with Gasteiger partial charge in [-0.05, 0) is 25.0 Å². The molecule has 3 N–H and O–H groups in total. The van der Waals surface area contributed by atoms with Crippen LogP contribution in [0, 0.1) is 0 Å². The molecule has 0 radical (unpaired) electrons. The summed E-state index contributed by atoms with van der Waals surface area (Å²) in [5, 5.41) is 9.30. The van der Waals surface area contributed by atoms with E-state index in [2.05, 4.69) is 31.9 Å². The molecule has 25 heavy (non-hydrogen) atoms. The number of guanidine groups is 1. The fourth-order valence-corrected chi connectivity index (χ4v) is 2.87. The van der Waals surface area contributed by atoms with E-state index >= 15 is 0 Å². The van der Waals surface area contributed by atoms with Crippen LogP contribution in [0.25, 0.3) is 0 Å². The molecule has 1 saturated heterocycles. The lowest BCUT2D eigenvalue weighted by atomic mass is 10.2. The first-order valence-corrected chi connectivity index (χ1v) is 8.79. The van der Waals surface area contributed by atoms with Crippen molar-refractivity contribution in [3.05, 3.63) is 24.3 Å². The third-order valence-electron chi connectivity index (χ3n) is 4.17. The Morgan fingerprint density at radius 2 is 2.16 bits per heavy atom. The summed E-state index contributed by atoms with van der Waals surface area (Å²) in [6, 6.07) is 8.32. The van der Waals surface area contributed by atoms with Crippen LogP contribution >= 0.6 is 0 Å². The normalized spacial score (nSPS) is 17.3. The number of rotatable bonds is 7. The zero-order chi connectivity index (χ0) is 18.1. The second-order valence-electron chi connectivity index (χ2n) is 6.02. The summed E-state index contributed by atoms with van der Waals surface area (Å²) in [5.74, 6) is 1.52. The first kappa shape index (κ1) is 18.9. The molecule has 1 fully saturated rings. The van der Waals surface area contributed by atoms with Gasteiger partial charge < -0.3 is 25.6 Å². The number of carbonyl (C=O) groups excluding carboxylic acids is 1. The average molecular weight is 347 g/mol. The summed E-state index contributed by atoms with van der Waals surface area (Å²) in [5.41, 5.74) is 1.11.